The second kappa shape index (κ2) is 6.41. The average Bonchev–Trinajstić information content (AvgIpc) is 2.72. The maximum absolute atomic E-state index is 11.8. The summed E-state index contributed by atoms with van der Waals surface area (Å²) in [5, 5.41) is 0. The highest BCUT2D eigenvalue weighted by Crippen LogP contribution is 2.35. The Hall–Kier alpha value is -2.35. The van der Waals surface area contributed by atoms with E-state index in [1.54, 1.807) is 0 Å². The van der Waals surface area contributed by atoms with Crippen LogP contribution in [0, 0.1) is 6.92 Å². The summed E-state index contributed by atoms with van der Waals surface area (Å²) < 4.78 is 4.85. The standard InChI is InChI=1S/C21H22O2/c1-14-7-9-16(10-8-14)20-15(2)5-4-6-17-13-18(21(22)23-3)11-12-19(17)20/h7-13H,4-6H2,1-3H3. The molecule has 0 atom stereocenters. The molecule has 2 nitrogen and oxygen atoms in total. The summed E-state index contributed by atoms with van der Waals surface area (Å²) in [4.78, 5) is 11.8. The molecular weight excluding hydrogens is 284 g/mol. The first-order valence-electron chi connectivity index (χ1n) is 8.08. The summed E-state index contributed by atoms with van der Waals surface area (Å²) >= 11 is 0. The van der Waals surface area contributed by atoms with E-state index in [-0.39, 0.29) is 5.97 Å². The third-order valence-corrected chi connectivity index (χ3v) is 4.56. The molecule has 0 bridgehead atoms. The predicted molar refractivity (Wildman–Crippen MR) is 93.6 cm³/mol. The fourth-order valence-electron chi connectivity index (χ4n) is 3.31. The molecule has 0 unspecified atom stereocenters. The van der Waals surface area contributed by atoms with E-state index in [2.05, 4.69) is 44.2 Å². The molecule has 0 aliphatic heterocycles. The van der Waals surface area contributed by atoms with Gasteiger partial charge in [-0.2, -0.15) is 0 Å². The number of rotatable bonds is 2. The van der Waals surface area contributed by atoms with E-state index >= 15 is 0 Å². The van der Waals surface area contributed by atoms with Gasteiger partial charge < -0.3 is 4.74 Å². The number of benzene rings is 2. The van der Waals surface area contributed by atoms with Gasteiger partial charge in [-0.25, -0.2) is 4.79 Å². The maximum Gasteiger partial charge on any atom is 0.337 e. The quantitative estimate of drug-likeness (QED) is 0.735. The van der Waals surface area contributed by atoms with Gasteiger partial charge in [0.15, 0.2) is 0 Å². The monoisotopic (exact) mass is 306 g/mol. The van der Waals surface area contributed by atoms with Crippen LogP contribution in [0.4, 0.5) is 0 Å². The molecule has 3 rings (SSSR count). The Bertz CT molecular complexity index is 767. The van der Waals surface area contributed by atoms with Crippen LogP contribution in [0.1, 0.15) is 52.4 Å². The smallest absolute Gasteiger partial charge is 0.337 e. The van der Waals surface area contributed by atoms with Crippen LogP contribution in [0.2, 0.25) is 0 Å². The number of hydrogen-bond acceptors (Lipinski definition) is 2. The van der Waals surface area contributed by atoms with E-state index in [1.807, 2.05) is 12.1 Å². The lowest BCUT2D eigenvalue weighted by molar-refractivity contribution is 0.0600. The lowest BCUT2D eigenvalue weighted by Gasteiger charge is -2.15. The van der Waals surface area contributed by atoms with Gasteiger partial charge in [0, 0.05) is 0 Å². The Kier molecular flexibility index (Phi) is 4.33. The summed E-state index contributed by atoms with van der Waals surface area (Å²) in [7, 11) is 1.43. The second-order valence-electron chi connectivity index (χ2n) is 6.24. The average molecular weight is 306 g/mol. The summed E-state index contributed by atoms with van der Waals surface area (Å²) in [6.45, 7) is 4.33. The van der Waals surface area contributed by atoms with Gasteiger partial charge in [-0.3, -0.25) is 0 Å². The summed E-state index contributed by atoms with van der Waals surface area (Å²) in [6, 6.07) is 14.6. The fraction of sp³-hybridized carbons (Fsp3) is 0.286. The van der Waals surface area contributed by atoms with E-state index in [9.17, 15) is 4.79 Å². The number of methoxy groups -OCH3 is 1. The number of allylic oxidation sites excluding steroid dienone is 1. The second-order valence-corrected chi connectivity index (χ2v) is 6.24. The topological polar surface area (TPSA) is 26.3 Å². The van der Waals surface area contributed by atoms with E-state index in [0.717, 1.165) is 19.3 Å². The molecule has 0 heterocycles. The van der Waals surface area contributed by atoms with Crippen molar-refractivity contribution < 1.29 is 9.53 Å². The fourth-order valence-corrected chi connectivity index (χ4v) is 3.31. The molecule has 1 aliphatic carbocycles. The van der Waals surface area contributed by atoms with Crippen LogP contribution < -0.4 is 0 Å². The Morgan fingerprint density at radius 1 is 1.00 bits per heavy atom. The lowest BCUT2D eigenvalue weighted by Crippen LogP contribution is -2.04. The minimum absolute atomic E-state index is 0.269. The maximum atomic E-state index is 11.8. The molecule has 0 spiro atoms. The van der Waals surface area contributed by atoms with Crippen LogP contribution in [-0.4, -0.2) is 13.1 Å². The first-order valence-corrected chi connectivity index (χ1v) is 8.08. The van der Waals surface area contributed by atoms with E-state index < -0.39 is 0 Å². The normalized spacial score (nSPS) is 14.2. The largest absolute Gasteiger partial charge is 0.465 e. The highest BCUT2D eigenvalue weighted by Gasteiger charge is 2.18. The number of fused-ring (bicyclic) bond motifs is 1. The van der Waals surface area contributed by atoms with Crippen molar-refractivity contribution >= 4 is 11.5 Å². The molecular formula is C21H22O2. The van der Waals surface area contributed by atoms with Crippen molar-refractivity contribution in [1.29, 1.82) is 0 Å². The van der Waals surface area contributed by atoms with Crippen molar-refractivity contribution in [3.05, 3.63) is 75.9 Å². The van der Waals surface area contributed by atoms with Gasteiger partial charge in [-0.1, -0.05) is 41.5 Å². The van der Waals surface area contributed by atoms with Crippen molar-refractivity contribution in [1.82, 2.24) is 0 Å². The molecule has 0 fully saturated rings. The number of esters is 1. The van der Waals surface area contributed by atoms with Crippen molar-refractivity contribution in [3.8, 4) is 0 Å². The zero-order valence-corrected chi connectivity index (χ0v) is 14.0. The first kappa shape index (κ1) is 15.5. The third kappa shape index (κ3) is 3.07. The molecule has 118 valence electrons. The number of carbonyl (C=O) groups excluding carboxylic acids is 1. The zero-order chi connectivity index (χ0) is 16.4. The number of carbonyl (C=O) groups is 1. The van der Waals surface area contributed by atoms with Gasteiger partial charge in [0.25, 0.3) is 0 Å². The Morgan fingerprint density at radius 2 is 1.74 bits per heavy atom. The summed E-state index contributed by atoms with van der Waals surface area (Å²) in [5.41, 5.74) is 8.36. The molecule has 0 aromatic heterocycles. The summed E-state index contributed by atoms with van der Waals surface area (Å²) in [5.74, 6) is -0.269. The van der Waals surface area contributed by atoms with Crippen LogP contribution in [0.5, 0.6) is 0 Å². The van der Waals surface area contributed by atoms with Crippen LogP contribution in [-0.2, 0) is 11.2 Å². The van der Waals surface area contributed by atoms with Gasteiger partial charge in [0.05, 0.1) is 12.7 Å². The van der Waals surface area contributed by atoms with Crippen LogP contribution in [0.15, 0.2) is 48.0 Å². The van der Waals surface area contributed by atoms with Crippen LogP contribution in [0.25, 0.3) is 5.57 Å². The van der Waals surface area contributed by atoms with E-state index in [1.165, 1.54) is 40.5 Å². The molecule has 2 aromatic rings. The van der Waals surface area contributed by atoms with E-state index in [4.69, 9.17) is 4.74 Å². The first-order chi connectivity index (χ1) is 11.1. The van der Waals surface area contributed by atoms with Gasteiger partial charge in [-0.05, 0) is 67.5 Å². The highest BCUT2D eigenvalue weighted by atomic mass is 16.5. The molecule has 23 heavy (non-hydrogen) atoms. The number of hydrogen-bond donors (Lipinski definition) is 0. The lowest BCUT2D eigenvalue weighted by atomic mass is 9.90. The molecule has 1 aliphatic rings. The molecule has 0 saturated heterocycles. The summed E-state index contributed by atoms with van der Waals surface area (Å²) in [6.07, 6.45) is 3.19. The molecule has 0 N–H and O–H groups in total. The van der Waals surface area contributed by atoms with Gasteiger partial charge in [0.2, 0.25) is 0 Å². The zero-order valence-electron chi connectivity index (χ0n) is 14.0. The Labute approximate surface area is 137 Å². The van der Waals surface area contributed by atoms with Crippen LogP contribution >= 0.6 is 0 Å². The predicted octanol–water partition coefficient (Wildman–Crippen LogP) is 4.94. The van der Waals surface area contributed by atoms with Crippen molar-refractivity contribution in [2.24, 2.45) is 0 Å². The van der Waals surface area contributed by atoms with Crippen molar-refractivity contribution in [3.63, 3.8) is 0 Å². The van der Waals surface area contributed by atoms with Crippen molar-refractivity contribution in [2.45, 2.75) is 33.1 Å². The molecule has 0 radical (unpaired) electrons. The minimum atomic E-state index is -0.269. The molecule has 2 heteroatoms. The SMILES string of the molecule is COC(=O)c1ccc2c(c1)CCCC(C)=C2c1ccc(C)cc1. The molecule has 0 amide bonds. The van der Waals surface area contributed by atoms with E-state index in [0.29, 0.717) is 5.56 Å². The van der Waals surface area contributed by atoms with Gasteiger partial charge in [-0.15, -0.1) is 0 Å². The highest BCUT2D eigenvalue weighted by molar-refractivity contribution is 5.91. The molecule has 2 aromatic carbocycles. The van der Waals surface area contributed by atoms with Gasteiger partial charge >= 0.3 is 5.97 Å². The number of ether oxygens (including phenoxy) is 1. The number of aryl methyl sites for hydroxylation is 2. The Balaban J connectivity index is 2.13. The van der Waals surface area contributed by atoms with Crippen molar-refractivity contribution in [2.75, 3.05) is 7.11 Å². The molecule has 0 saturated carbocycles. The van der Waals surface area contributed by atoms with Crippen LogP contribution in [0.3, 0.4) is 0 Å². The minimum Gasteiger partial charge on any atom is -0.465 e. The van der Waals surface area contributed by atoms with Gasteiger partial charge in [0.1, 0.15) is 0 Å². The third-order valence-electron chi connectivity index (χ3n) is 4.56. The Morgan fingerprint density at radius 3 is 2.43 bits per heavy atom.